The summed E-state index contributed by atoms with van der Waals surface area (Å²) in [5.41, 5.74) is 3.65. The molecule has 188 valence electrons. The van der Waals surface area contributed by atoms with E-state index in [4.69, 9.17) is 14.2 Å². The van der Waals surface area contributed by atoms with E-state index in [1.807, 2.05) is 18.4 Å². The molecule has 36 heavy (non-hydrogen) atoms. The van der Waals surface area contributed by atoms with Crippen LogP contribution in [-0.2, 0) is 13.0 Å². The molecule has 0 saturated carbocycles. The van der Waals surface area contributed by atoms with Crippen molar-refractivity contribution >= 4 is 17.7 Å². The van der Waals surface area contributed by atoms with E-state index >= 15 is 0 Å². The van der Waals surface area contributed by atoms with E-state index < -0.39 is 11.9 Å². The first-order valence-electron chi connectivity index (χ1n) is 11.4. The number of rotatable bonds is 7. The molecule has 0 fully saturated rings. The summed E-state index contributed by atoms with van der Waals surface area (Å²) in [6, 6.07) is 11.6. The van der Waals surface area contributed by atoms with Crippen LogP contribution in [0.5, 0.6) is 17.2 Å². The Kier molecular flexibility index (Phi) is 7.81. The van der Waals surface area contributed by atoms with Crippen LogP contribution in [0.15, 0.2) is 52.2 Å². The van der Waals surface area contributed by atoms with Crippen LogP contribution in [0.1, 0.15) is 39.8 Å². The minimum atomic E-state index is -0.476. The first-order valence-corrected chi connectivity index (χ1v) is 12.6. The highest BCUT2D eigenvalue weighted by molar-refractivity contribution is 7.98. The lowest BCUT2D eigenvalue weighted by Crippen LogP contribution is -2.30. The summed E-state index contributed by atoms with van der Waals surface area (Å²) in [6.07, 6.45) is 2.97. The summed E-state index contributed by atoms with van der Waals surface area (Å²) in [5, 5.41) is 12.5. The van der Waals surface area contributed by atoms with Crippen molar-refractivity contribution in [2.45, 2.75) is 30.4 Å². The van der Waals surface area contributed by atoms with E-state index in [0.29, 0.717) is 46.2 Å². The Hall–Kier alpha value is -3.56. The molecule has 9 heteroatoms. The first-order chi connectivity index (χ1) is 17.4. The van der Waals surface area contributed by atoms with Crippen LogP contribution in [0.3, 0.4) is 0 Å². The number of benzene rings is 1. The molecule has 1 aromatic heterocycles. The summed E-state index contributed by atoms with van der Waals surface area (Å²) in [7, 11) is 4.68. The molecule has 1 atom stereocenters. The summed E-state index contributed by atoms with van der Waals surface area (Å²) in [4.78, 5) is 31.1. The van der Waals surface area contributed by atoms with Crippen molar-refractivity contribution in [3.8, 4) is 28.4 Å². The second kappa shape index (κ2) is 11.0. The maximum Gasteiger partial charge on any atom is 0.270 e. The number of pyridine rings is 1. The summed E-state index contributed by atoms with van der Waals surface area (Å²) < 4.78 is 17.0. The number of thioether (sulfide) groups is 1. The van der Waals surface area contributed by atoms with Gasteiger partial charge >= 0.3 is 0 Å². The molecule has 0 bridgehead atoms. The third kappa shape index (κ3) is 4.76. The lowest BCUT2D eigenvalue weighted by atomic mass is 9.95. The fourth-order valence-corrected chi connectivity index (χ4v) is 5.01. The average Bonchev–Trinajstić information content (AvgIpc) is 3.15. The predicted molar refractivity (Wildman–Crippen MR) is 138 cm³/mol. The largest absolute Gasteiger partial charge is 0.493 e. The molecule has 0 aliphatic heterocycles. The molecule has 1 amide bonds. The van der Waals surface area contributed by atoms with Gasteiger partial charge in [0.15, 0.2) is 16.9 Å². The molecule has 1 heterocycles. The number of hydrogen-bond acceptors (Lipinski definition) is 8. The zero-order valence-corrected chi connectivity index (χ0v) is 21.4. The fraction of sp³-hybridized carbons (Fsp3) is 0.296. The van der Waals surface area contributed by atoms with Crippen molar-refractivity contribution in [2.75, 3.05) is 27.6 Å². The number of methoxy groups -OCH3 is 3. The van der Waals surface area contributed by atoms with Crippen LogP contribution < -0.4 is 25.0 Å². The maximum atomic E-state index is 13.2. The normalized spacial score (nSPS) is 14.2. The average molecular weight is 509 g/mol. The summed E-state index contributed by atoms with van der Waals surface area (Å²) in [5.74, 6) is 1.10. The molecule has 0 radical (unpaired) electrons. The Labute approximate surface area is 213 Å². The molecule has 8 nitrogen and oxygen atoms in total. The van der Waals surface area contributed by atoms with Crippen molar-refractivity contribution in [1.29, 1.82) is 0 Å². The Morgan fingerprint density at radius 3 is 2.56 bits per heavy atom. The number of carbonyl (C=O) groups excluding carboxylic acids is 1. The topological polar surface area (TPSA) is 107 Å². The highest BCUT2D eigenvalue weighted by atomic mass is 32.2. The minimum absolute atomic E-state index is 0.133. The third-order valence-corrected chi connectivity index (χ3v) is 7.00. The molecule has 4 rings (SSSR count). The predicted octanol–water partition coefficient (Wildman–Crippen LogP) is 3.77. The van der Waals surface area contributed by atoms with Crippen LogP contribution in [0.25, 0.3) is 11.1 Å². The van der Waals surface area contributed by atoms with Gasteiger partial charge in [-0.05, 0) is 66.1 Å². The smallest absolute Gasteiger partial charge is 0.270 e. The maximum absolute atomic E-state index is 13.2. The number of aliphatic hydroxyl groups is 1. The second-order valence-electron chi connectivity index (χ2n) is 8.20. The van der Waals surface area contributed by atoms with E-state index in [1.54, 1.807) is 51.7 Å². The van der Waals surface area contributed by atoms with E-state index in [1.165, 1.54) is 11.8 Å². The monoisotopic (exact) mass is 508 g/mol. The SMILES string of the molecule is COc1cc2c(c(OC)c1OC)-c1ccc(SC)c(=O)cc1[C@@H](NC(=O)c1cccc(CO)n1)CC2. The van der Waals surface area contributed by atoms with Crippen LogP contribution in [0, 0.1) is 0 Å². The first kappa shape index (κ1) is 25.5. The molecular weight excluding hydrogens is 480 g/mol. The molecule has 0 unspecified atom stereocenters. The molecule has 3 aromatic rings. The van der Waals surface area contributed by atoms with Crippen molar-refractivity contribution in [1.82, 2.24) is 10.3 Å². The number of amides is 1. The van der Waals surface area contributed by atoms with Gasteiger partial charge in [0.1, 0.15) is 5.69 Å². The minimum Gasteiger partial charge on any atom is -0.493 e. The highest BCUT2D eigenvalue weighted by Gasteiger charge is 2.30. The molecule has 0 saturated heterocycles. The van der Waals surface area contributed by atoms with Crippen molar-refractivity contribution in [3.63, 3.8) is 0 Å². The quantitative estimate of drug-likeness (QED) is 0.465. The lowest BCUT2D eigenvalue weighted by molar-refractivity contribution is 0.0929. The molecule has 1 aliphatic rings. The van der Waals surface area contributed by atoms with E-state index in [9.17, 15) is 14.7 Å². The molecule has 1 aliphatic carbocycles. The summed E-state index contributed by atoms with van der Waals surface area (Å²) >= 11 is 1.36. The summed E-state index contributed by atoms with van der Waals surface area (Å²) in [6.45, 7) is -0.265. The van der Waals surface area contributed by atoms with Gasteiger partial charge in [0.05, 0.1) is 44.6 Å². The number of hydrogen-bond donors (Lipinski definition) is 2. The van der Waals surface area contributed by atoms with Crippen LogP contribution >= 0.6 is 11.8 Å². The Morgan fingerprint density at radius 1 is 1.11 bits per heavy atom. The number of nitrogens with one attached hydrogen (secondary N) is 1. The van der Waals surface area contributed by atoms with Gasteiger partial charge in [0.2, 0.25) is 5.75 Å². The Balaban J connectivity index is 1.91. The number of aryl methyl sites for hydroxylation is 1. The van der Waals surface area contributed by atoms with Gasteiger partial charge in [-0.1, -0.05) is 12.1 Å². The number of carbonyl (C=O) groups is 1. The Morgan fingerprint density at radius 2 is 1.89 bits per heavy atom. The third-order valence-electron chi connectivity index (χ3n) is 6.23. The highest BCUT2D eigenvalue weighted by Crippen LogP contribution is 2.50. The fourth-order valence-electron chi connectivity index (χ4n) is 4.54. The molecular formula is C27H28N2O6S. The van der Waals surface area contributed by atoms with E-state index in [-0.39, 0.29) is 17.7 Å². The number of nitrogens with zero attached hydrogens (tertiary/aromatic N) is 1. The molecule has 0 spiro atoms. The van der Waals surface area contributed by atoms with Gasteiger partial charge in [-0.3, -0.25) is 9.59 Å². The number of aromatic nitrogens is 1. The number of fused-ring (bicyclic) bond motifs is 3. The van der Waals surface area contributed by atoms with Crippen molar-refractivity contribution in [2.24, 2.45) is 0 Å². The molecule has 2 N–H and O–H groups in total. The van der Waals surface area contributed by atoms with E-state index in [2.05, 4.69) is 10.3 Å². The number of ether oxygens (including phenoxy) is 3. The lowest BCUT2D eigenvalue weighted by Gasteiger charge is -2.20. The van der Waals surface area contributed by atoms with Gasteiger partial charge in [-0.25, -0.2) is 4.98 Å². The van der Waals surface area contributed by atoms with Crippen LogP contribution in [-0.4, -0.2) is 43.6 Å². The zero-order valence-electron chi connectivity index (χ0n) is 20.6. The van der Waals surface area contributed by atoms with Gasteiger partial charge in [0, 0.05) is 5.56 Å². The molecule has 2 aromatic carbocycles. The van der Waals surface area contributed by atoms with Crippen molar-refractivity contribution in [3.05, 3.63) is 75.2 Å². The van der Waals surface area contributed by atoms with Gasteiger partial charge in [-0.15, -0.1) is 11.8 Å². The van der Waals surface area contributed by atoms with Gasteiger partial charge in [0.25, 0.3) is 5.91 Å². The van der Waals surface area contributed by atoms with Crippen LogP contribution in [0.2, 0.25) is 0 Å². The van der Waals surface area contributed by atoms with Crippen molar-refractivity contribution < 1.29 is 24.1 Å². The van der Waals surface area contributed by atoms with Gasteiger partial charge in [-0.2, -0.15) is 0 Å². The number of aliphatic hydroxyl groups excluding tert-OH is 1. The Bertz CT molecular complexity index is 1360. The zero-order chi connectivity index (χ0) is 25.8. The second-order valence-corrected chi connectivity index (χ2v) is 9.04. The van der Waals surface area contributed by atoms with Crippen LogP contribution in [0.4, 0.5) is 0 Å². The standard InChI is InChI=1S/C27H28N2O6S/c1-33-22-12-15-8-10-19(29-27(32)20-7-5-6-16(14-30)28-20)18-13-21(31)23(36-4)11-9-17(18)24(15)26(35-3)25(22)34-2/h5-7,9,11-13,19,30H,8,10,14H2,1-4H3,(H,29,32)/t19-/m0/s1. The van der Waals surface area contributed by atoms with Gasteiger partial charge < -0.3 is 24.6 Å². The van der Waals surface area contributed by atoms with E-state index in [0.717, 1.165) is 16.7 Å².